The topological polar surface area (TPSA) is 52.6 Å². The first-order chi connectivity index (χ1) is 9.60. The number of hydrogen-bond acceptors (Lipinski definition) is 3. The van der Waals surface area contributed by atoms with Crippen LogP contribution in [0.3, 0.4) is 0 Å². The van der Waals surface area contributed by atoms with Crippen LogP contribution >= 0.6 is 0 Å². The average Bonchev–Trinajstić information content (AvgIpc) is 2.86. The molecule has 1 aromatic rings. The Hall–Kier alpha value is -1.39. The van der Waals surface area contributed by atoms with Gasteiger partial charge in [0.2, 0.25) is 5.91 Å². The summed E-state index contributed by atoms with van der Waals surface area (Å²) in [5.74, 6) is 0.736. The number of hydrogen-bond donors (Lipinski definition) is 2. The summed E-state index contributed by atoms with van der Waals surface area (Å²) < 4.78 is 0. The highest BCUT2D eigenvalue weighted by molar-refractivity contribution is 5.93. The Morgan fingerprint density at radius 3 is 2.85 bits per heavy atom. The van der Waals surface area contributed by atoms with Crippen molar-refractivity contribution in [2.75, 3.05) is 31.6 Å². The summed E-state index contributed by atoms with van der Waals surface area (Å²) in [5, 5.41) is 12.1. The Balaban J connectivity index is 1.92. The van der Waals surface area contributed by atoms with Crippen molar-refractivity contribution in [1.82, 2.24) is 4.90 Å². The Labute approximate surface area is 120 Å². The fourth-order valence-corrected chi connectivity index (χ4v) is 2.71. The number of benzene rings is 1. The zero-order valence-corrected chi connectivity index (χ0v) is 12.3. The third kappa shape index (κ3) is 3.81. The predicted octanol–water partition coefficient (Wildman–Crippen LogP) is 2.06. The van der Waals surface area contributed by atoms with Gasteiger partial charge >= 0.3 is 0 Å². The molecule has 1 atom stereocenters. The summed E-state index contributed by atoms with van der Waals surface area (Å²) in [6.07, 6.45) is 0.979. The van der Waals surface area contributed by atoms with Crippen molar-refractivity contribution in [3.05, 3.63) is 29.8 Å². The maximum Gasteiger partial charge on any atom is 0.238 e. The second-order valence-electron chi connectivity index (χ2n) is 5.86. The minimum atomic E-state index is 0.0247. The first-order valence-electron chi connectivity index (χ1n) is 7.32. The van der Waals surface area contributed by atoms with Crippen LogP contribution in [0.5, 0.6) is 0 Å². The zero-order valence-electron chi connectivity index (χ0n) is 12.3. The van der Waals surface area contributed by atoms with E-state index in [1.807, 2.05) is 18.2 Å². The lowest BCUT2D eigenvalue weighted by Gasteiger charge is -2.17. The van der Waals surface area contributed by atoms with Crippen molar-refractivity contribution in [3.63, 3.8) is 0 Å². The van der Waals surface area contributed by atoms with Gasteiger partial charge in [0.25, 0.3) is 0 Å². The number of carbonyl (C=O) groups excluding carboxylic acids is 1. The van der Waals surface area contributed by atoms with Crippen LogP contribution in [-0.4, -0.2) is 42.2 Å². The van der Waals surface area contributed by atoms with E-state index in [9.17, 15) is 4.79 Å². The van der Waals surface area contributed by atoms with Gasteiger partial charge in [-0.25, -0.2) is 0 Å². The quantitative estimate of drug-likeness (QED) is 0.865. The number of nitrogens with zero attached hydrogens (tertiary/aromatic N) is 1. The Morgan fingerprint density at radius 1 is 1.45 bits per heavy atom. The van der Waals surface area contributed by atoms with Crippen LogP contribution in [0.15, 0.2) is 24.3 Å². The van der Waals surface area contributed by atoms with Crippen LogP contribution in [0.2, 0.25) is 0 Å². The number of para-hydroxylation sites is 1. The van der Waals surface area contributed by atoms with Crippen molar-refractivity contribution < 1.29 is 9.90 Å². The summed E-state index contributed by atoms with van der Waals surface area (Å²) in [6, 6.07) is 7.95. The maximum absolute atomic E-state index is 12.1. The summed E-state index contributed by atoms with van der Waals surface area (Å²) in [4.78, 5) is 14.2. The van der Waals surface area contributed by atoms with Crippen LogP contribution < -0.4 is 5.32 Å². The average molecular weight is 276 g/mol. The molecule has 2 rings (SSSR count). The minimum Gasteiger partial charge on any atom is -0.396 e. The zero-order chi connectivity index (χ0) is 14.5. The monoisotopic (exact) mass is 276 g/mol. The largest absolute Gasteiger partial charge is 0.396 e. The molecule has 0 aliphatic carbocycles. The normalized spacial score (nSPS) is 19.5. The molecule has 1 aromatic carbocycles. The number of nitrogens with one attached hydrogen (secondary N) is 1. The van der Waals surface area contributed by atoms with Crippen molar-refractivity contribution in [3.8, 4) is 0 Å². The first-order valence-corrected chi connectivity index (χ1v) is 7.32. The summed E-state index contributed by atoms with van der Waals surface area (Å²) in [7, 11) is 0. The van der Waals surface area contributed by atoms with E-state index >= 15 is 0 Å². The molecule has 1 aliphatic rings. The van der Waals surface area contributed by atoms with Gasteiger partial charge in [0.05, 0.1) is 6.54 Å². The van der Waals surface area contributed by atoms with Crippen molar-refractivity contribution >= 4 is 11.6 Å². The van der Waals surface area contributed by atoms with Crippen LogP contribution in [0, 0.1) is 5.92 Å². The van der Waals surface area contributed by atoms with Crippen molar-refractivity contribution in [1.29, 1.82) is 0 Å². The van der Waals surface area contributed by atoms with Gasteiger partial charge in [-0.3, -0.25) is 9.69 Å². The van der Waals surface area contributed by atoms with Gasteiger partial charge in [-0.05, 0) is 36.4 Å². The highest BCUT2D eigenvalue weighted by Gasteiger charge is 2.23. The van der Waals surface area contributed by atoms with E-state index in [0.29, 0.717) is 18.4 Å². The third-order valence-electron chi connectivity index (χ3n) is 3.85. The summed E-state index contributed by atoms with van der Waals surface area (Å²) >= 11 is 0. The van der Waals surface area contributed by atoms with E-state index in [1.54, 1.807) is 0 Å². The fraction of sp³-hybridized carbons (Fsp3) is 0.562. The molecule has 1 aliphatic heterocycles. The number of anilines is 1. The first kappa shape index (κ1) is 15.0. The van der Waals surface area contributed by atoms with Crippen LogP contribution in [0.1, 0.15) is 31.7 Å². The predicted molar refractivity (Wildman–Crippen MR) is 80.8 cm³/mol. The number of carbonyl (C=O) groups is 1. The van der Waals surface area contributed by atoms with Gasteiger partial charge in [0, 0.05) is 18.8 Å². The molecular formula is C16H24N2O2. The molecule has 20 heavy (non-hydrogen) atoms. The molecule has 1 heterocycles. The lowest BCUT2D eigenvalue weighted by Crippen LogP contribution is -2.32. The maximum atomic E-state index is 12.1. The molecule has 1 saturated heterocycles. The summed E-state index contributed by atoms with van der Waals surface area (Å²) in [6.45, 7) is 6.58. The second kappa shape index (κ2) is 6.86. The molecule has 2 N–H and O–H groups in total. The highest BCUT2D eigenvalue weighted by Crippen LogP contribution is 2.23. The van der Waals surface area contributed by atoms with Gasteiger partial charge in [-0.2, -0.15) is 0 Å². The van der Waals surface area contributed by atoms with Gasteiger partial charge in [-0.1, -0.05) is 32.0 Å². The van der Waals surface area contributed by atoms with Gasteiger partial charge in [0.15, 0.2) is 0 Å². The summed E-state index contributed by atoms with van der Waals surface area (Å²) in [5.41, 5.74) is 2.07. The lowest BCUT2D eigenvalue weighted by atomic mass is 10.0. The van der Waals surface area contributed by atoms with E-state index in [1.165, 1.54) is 0 Å². The standard InChI is InChI=1S/C16H24N2O2/c1-12(2)14-5-3-4-6-15(14)17-16(20)10-18-8-7-13(9-18)11-19/h3-6,12-13,19H,7-11H2,1-2H3,(H,17,20). The van der Waals surface area contributed by atoms with Gasteiger partial charge in [-0.15, -0.1) is 0 Å². The van der Waals surface area contributed by atoms with E-state index in [4.69, 9.17) is 5.11 Å². The van der Waals surface area contributed by atoms with E-state index in [-0.39, 0.29) is 12.5 Å². The molecule has 0 spiro atoms. The molecule has 1 fully saturated rings. The van der Waals surface area contributed by atoms with Gasteiger partial charge < -0.3 is 10.4 Å². The molecule has 1 amide bonds. The fourth-order valence-electron chi connectivity index (χ4n) is 2.71. The molecular weight excluding hydrogens is 252 g/mol. The highest BCUT2D eigenvalue weighted by atomic mass is 16.3. The lowest BCUT2D eigenvalue weighted by molar-refractivity contribution is -0.117. The smallest absolute Gasteiger partial charge is 0.238 e. The number of aliphatic hydroxyl groups is 1. The SMILES string of the molecule is CC(C)c1ccccc1NC(=O)CN1CCC(CO)C1. The second-order valence-corrected chi connectivity index (χ2v) is 5.86. The molecule has 0 aromatic heterocycles. The molecule has 0 bridgehead atoms. The molecule has 4 nitrogen and oxygen atoms in total. The molecule has 1 unspecified atom stereocenters. The van der Waals surface area contributed by atoms with Crippen molar-refractivity contribution in [2.24, 2.45) is 5.92 Å². The van der Waals surface area contributed by atoms with E-state index < -0.39 is 0 Å². The number of aliphatic hydroxyl groups excluding tert-OH is 1. The number of rotatable bonds is 5. The molecule has 110 valence electrons. The molecule has 0 radical (unpaired) electrons. The Bertz CT molecular complexity index is 460. The molecule has 0 saturated carbocycles. The number of likely N-dealkylation sites (tertiary alicyclic amines) is 1. The molecule has 4 heteroatoms. The Morgan fingerprint density at radius 2 is 2.20 bits per heavy atom. The number of amides is 1. The van der Waals surface area contributed by atoms with E-state index in [0.717, 1.165) is 30.8 Å². The Kier molecular flexibility index (Phi) is 5.15. The van der Waals surface area contributed by atoms with E-state index in [2.05, 4.69) is 30.1 Å². The van der Waals surface area contributed by atoms with Crippen LogP contribution in [0.4, 0.5) is 5.69 Å². The van der Waals surface area contributed by atoms with Crippen LogP contribution in [-0.2, 0) is 4.79 Å². The van der Waals surface area contributed by atoms with Gasteiger partial charge in [0.1, 0.15) is 0 Å². The minimum absolute atomic E-state index is 0.0247. The van der Waals surface area contributed by atoms with Crippen LogP contribution in [0.25, 0.3) is 0 Å². The van der Waals surface area contributed by atoms with Crippen molar-refractivity contribution in [2.45, 2.75) is 26.2 Å². The third-order valence-corrected chi connectivity index (χ3v) is 3.85.